The number of benzene rings is 2. The number of methoxy groups -OCH3 is 1. The molecule has 35 heavy (non-hydrogen) atoms. The first-order chi connectivity index (χ1) is 17.0. The third kappa shape index (κ3) is 3.97. The van der Waals surface area contributed by atoms with Gasteiger partial charge in [0.25, 0.3) is 5.91 Å². The fraction of sp³-hybridized carbons (Fsp3) is 0.111. The smallest absolute Gasteiger partial charge is 0.272 e. The minimum atomic E-state index is -0.215. The molecule has 5 rings (SSSR count). The van der Waals surface area contributed by atoms with Crippen LogP contribution in [0, 0.1) is 11.8 Å². The van der Waals surface area contributed by atoms with E-state index in [0.29, 0.717) is 22.9 Å². The molecule has 0 atom stereocenters. The number of fused-ring (bicyclic) bond motifs is 2. The van der Waals surface area contributed by atoms with Crippen molar-refractivity contribution in [2.24, 2.45) is 12.8 Å². The zero-order valence-electron chi connectivity index (χ0n) is 19.3. The Kier molecular flexibility index (Phi) is 5.87. The molecule has 3 aromatic heterocycles. The summed E-state index contributed by atoms with van der Waals surface area (Å²) in [7, 11) is 3.46. The Morgan fingerprint density at radius 1 is 1.23 bits per heavy atom. The van der Waals surface area contributed by atoms with Crippen molar-refractivity contribution in [3.8, 4) is 28.7 Å². The second kappa shape index (κ2) is 9.14. The van der Waals surface area contributed by atoms with Crippen LogP contribution >= 0.6 is 11.3 Å². The second-order valence-electron chi connectivity index (χ2n) is 7.93. The summed E-state index contributed by atoms with van der Waals surface area (Å²) >= 11 is 1.55. The van der Waals surface area contributed by atoms with Crippen LogP contribution in [-0.2, 0) is 7.05 Å². The van der Waals surface area contributed by atoms with E-state index in [1.807, 2.05) is 65.5 Å². The fourth-order valence-corrected chi connectivity index (χ4v) is 5.22. The summed E-state index contributed by atoms with van der Waals surface area (Å²) in [5.74, 6) is 6.70. The molecule has 5 aromatic rings. The van der Waals surface area contributed by atoms with Gasteiger partial charge in [0.05, 0.1) is 29.6 Å². The highest BCUT2D eigenvalue weighted by Crippen LogP contribution is 2.40. The molecule has 0 aliphatic carbocycles. The van der Waals surface area contributed by atoms with Crippen LogP contribution in [-0.4, -0.2) is 29.1 Å². The number of nitrogens with two attached hydrogens (primary N) is 2. The molecule has 0 fully saturated rings. The topological polar surface area (TPSA) is 108 Å². The van der Waals surface area contributed by atoms with Crippen molar-refractivity contribution in [1.29, 1.82) is 0 Å². The lowest BCUT2D eigenvalue weighted by atomic mass is 10.0. The molecule has 0 aliphatic heterocycles. The van der Waals surface area contributed by atoms with Crippen LogP contribution in [0.3, 0.4) is 0 Å². The summed E-state index contributed by atoms with van der Waals surface area (Å²) in [5, 5.41) is 6.86. The first-order valence-electron chi connectivity index (χ1n) is 10.9. The average Bonchev–Trinajstić information content (AvgIpc) is 3.47. The van der Waals surface area contributed by atoms with Crippen LogP contribution in [0.4, 0.5) is 11.5 Å². The number of carbonyl (C=O) groups excluding carboxylic acids is 1. The molecule has 174 valence electrons. The van der Waals surface area contributed by atoms with E-state index < -0.39 is 0 Å². The molecule has 0 saturated carbocycles. The average molecular weight is 482 g/mol. The number of ether oxygens (including phenoxy) is 1. The minimum absolute atomic E-state index is 0.215. The summed E-state index contributed by atoms with van der Waals surface area (Å²) in [4.78, 5) is 17.4. The molecule has 5 N–H and O–H groups in total. The highest BCUT2D eigenvalue weighted by molar-refractivity contribution is 7.18. The lowest BCUT2D eigenvalue weighted by Crippen LogP contribution is -2.16. The number of thiophene rings is 1. The summed E-state index contributed by atoms with van der Waals surface area (Å²) in [6.07, 6.45) is 1.67. The summed E-state index contributed by atoms with van der Waals surface area (Å²) in [6.45, 7) is 0.271. The summed E-state index contributed by atoms with van der Waals surface area (Å²) in [6, 6.07) is 15.4. The molecule has 3 heterocycles. The lowest BCUT2D eigenvalue weighted by molar-refractivity contribution is 0.101. The van der Waals surface area contributed by atoms with Gasteiger partial charge >= 0.3 is 0 Å². The van der Waals surface area contributed by atoms with Crippen LogP contribution in [0.5, 0.6) is 5.75 Å². The van der Waals surface area contributed by atoms with E-state index in [1.54, 1.807) is 24.6 Å². The highest BCUT2D eigenvalue weighted by atomic mass is 32.1. The zero-order chi connectivity index (χ0) is 24.5. The molecule has 0 unspecified atom stereocenters. The number of anilines is 2. The standard InChI is InChI=1S/C27H23N5O2S/c1-32-21-8-4-3-6-17(21)12-22(32)27(33)31-20-10-9-16(13-23(20)34-2)19-15-35-25-18(7-5-11-28)14-30-26(29)24(19)25/h3-4,6,8-10,12-15H,11,28H2,1-2H3,(H2,29,30)(H,31,33). The number of carbonyl (C=O) groups is 1. The van der Waals surface area contributed by atoms with E-state index in [4.69, 9.17) is 16.2 Å². The van der Waals surface area contributed by atoms with Gasteiger partial charge in [-0.25, -0.2) is 4.98 Å². The van der Waals surface area contributed by atoms with Crippen molar-refractivity contribution in [1.82, 2.24) is 9.55 Å². The van der Waals surface area contributed by atoms with E-state index in [9.17, 15) is 4.79 Å². The van der Waals surface area contributed by atoms with E-state index in [-0.39, 0.29) is 12.5 Å². The van der Waals surface area contributed by atoms with Crippen molar-refractivity contribution in [3.05, 3.63) is 71.4 Å². The predicted octanol–water partition coefficient (Wildman–Crippen LogP) is 4.61. The Balaban J connectivity index is 1.51. The maximum atomic E-state index is 13.1. The number of aromatic nitrogens is 2. The summed E-state index contributed by atoms with van der Waals surface area (Å²) < 4.78 is 8.47. The maximum Gasteiger partial charge on any atom is 0.272 e. The van der Waals surface area contributed by atoms with Crippen LogP contribution in [0.25, 0.3) is 32.1 Å². The van der Waals surface area contributed by atoms with Gasteiger partial charge in [0.15, 0.2) is 0 Å². The Morgan fingerprint density at radius 2 is 2.06 bits per heavy atom. The van der Waals surface area contributed by atoms with Crippen LogP contribution in [0.2, 0.25) is 0 Å². The molecular formula is C27H23N5O2S. The number of hydrogen-bond donors (Lipinski definition) is 3. The molecule has 0 bridgehead atoms. The molecule has 0 aliphatic rings. The Labute approximate surface area is 206 Å². The molecule has 0 radical (unpaired) electrons. The predicted molar refractivity (Wildman–Crippen MR) is 143 cm³/mol. The molecule has 7 nitrogen and oxygen atoms in total. The van der Waals surface area contributed by atoms with Gasteiger partial charge in [-0.15, -0.1) is 11.3 Å². The molecule has 8 heteroatoms. The van der Waals surface area contributed by atoms with Crippen molar-refractivity contribution in [2.45, 2.75) is 0 Å². The normalized spacial score (nSPS) is 10.8. The third-order valence-corrected chi connectivity index (χ3v) is 6.91. The lowest BCUT2D eigenvalue weighted by Gasteiger charge is -2.13. The van der Waals surface area contributed by atoms with E-state index in [2.05, 4.69) is 22.1 Å². The van der Waals surface area contributed by atoms with E-state index in [1.165, 1.54) is 0 Å². The van der Waals surface area contributed by atoms with Crippen molar-refractivity contribution >= 4 is 49.7 Å². The number of hydrogen-bond acceptors (Lipinski definition) is 6. The zero-order valence-corrected chi connectivity index (χ0v) is 20.1. The van der Waals surface area contributed by atoms with Gasteiger partial charge in [0.1, 0.15) is 17.3 Å². The van der Waals surface area contributed by atoms with Crippen molar-refractivity contribution in [3.63, 3.8) is 0 Å². The fourth-order valence-electron chi connectivity index (χ4n) is 4.17. The van der Waals surface area contributed by atoms with Crippen LogP contribution in [0.15, 0.2) is 60.1 Å². The SMILES string of the molecule is COc1cc(-c2csc3c(C#CCN)cnc(N)c23)ccc1NC(=O)c1cc2ccccc2n1C. The Hall–Kier alpha value is -4.32. The number of nitrogens with one attached hydrogen (secondary N) is 1. The van der Waals surface area contributed by atoms with Crippen LogP contribution < -0.4 is 21.5 Å². The number of aryl methyl sites for hydroxylation is 1. The molecule has 0 saturated heterocycles. The molecule has 0 spiro atoms. The highest BCUT2D eigenvalue weighted by Gasteiger charge is 2.18. The van der Waals surface area contributed by atoms with Gasteiger partial charge in [-0.2, -0.15) is 0 Å². The van der Waals surface area contributed by atoms with Crippen LogP contribution in [0.1, 0.15) is 16.1 Å². The first-order valence-corrected chi connectivity index (χ1v) is 11.8. The van der Waals surface area contributed by atoms with Gasteiger partial charge in [0.2, 0.25) is 0 Å². The first kappa shape index (κ1) is 22.5. The van der Waals surface area contributed by atoms with Crippen molar-refractivity contribution < 1.29 is 9.53 Å². The Morgan fingerprint density at radius 3 is 2.83 bits per heavy atom. The van der Waals surface area contributed by atoms with Gasteiger partial charge < -0.3 is 26.1 Å². The number of amides is 1. The van der Waals surface area contributed by atoms with Gasteiger partial charge in [0, 0.05) is 35.1 Å². The van der Waals surface area contributed by atoms with E-state index >= 15 is 0 Å². The summed E-state index contributed by atoms with van der Waals surface area (Å²) in [5.41, 5.74) is 16.5. The van der Waals surface area contributed by atoms with Gasteiger partial charge in [-0.3, -0.25) is 4.79 Å². The van der Waals surface area contributed by atoms with Gasteiger partial charge in [-0.05, 0) is 35.2 Å². The third-order valence-electron chi connectivity index (χ3n) is 5.89. The van der Waals surface area contributed by atoms with Gasteiger partial charge in [-0.1, -0.05) is 36.1 Å². The second-order valence-corrected chi connectivity index (χ2v) is 8.81. The monoisotopic (exact) mass is 481 g/mol. The maximum absolute atomic E-state index is 13.1. The number of para-hydroxylation sites is 1. The van der Waals surface area contributed by atoms with E-state index in [0.717, 1.165) is 37.7 Å². The Bertz CT molecular complexity index is 1660. The quantitative estimate of drug-likeness (QED) is 0.325. The minimum Gasteiger partial charge on any atom is -0.495 e. The number of rotatable bonds is 4. The largest absolute Gasteiger partial charge is 0.495 e. The number of pyridine rings is 1. The van der Waals surface area contributed by atoms with Crippen molar-refractivity contribution in [2.75, 3.05) is 24.7 Å². The molecule has 2 aromatic carbocycles. The molecular weight excluding hydrogens is 458 g/mol. The number of nitrogens with zero attached hydrogens (tertiary/aromatic N) is 2. The number of nitrogen functional groups attached to an aromatic ring is 1. The molecule has 1 amide bonds.